The van der Waals surface area contributed by atoms with Crippen molar-refractivity contribution in [2.45, 2.75) is 39.1 Å². The van der Waals surface area contributed by atoms with Gasteiger partial charge >= 0.3 is 0 Å². The average molecular weight is 406 g/mol. The van der Waals surface area contributed by atoms with Crippen LogP contribution in [0, 0.1) is 0 Å². The molecule has 1 aromatic carbocycles. The summed E-state index contributed by atoms with van der Waals surface area (Å²) in [5, 5.41) is 6.87. The highest BCUT2D eigenvalue weighted by atomic mass is 16.5. The number of rotatable bonds is 6. The first kappa shape index (κ1) is 20.3. The van der Waals surface area contributed by atoms with E-state index in [0.717, 1.165) is 30.8 Å². The van der Waals surface area contributed by atoms with Crippen LogP contribution >= 0.6 is 0 Å². The van der Waals surface area contributed by atoms with E-state index in [1.165, 1.54) is 5.56 Å². The molecule has 2 aromatic heterocycles. The van der Waals surface area contributed by atoms with E-state index in [9.17, 15) is 4.79 Å². The lowest BCUT2D eigenvalue weighted by Gasteiger charge is -2.35. The van der Waals surface area contributed by atoms with Gasteiger partial charge in [0.05, 0.1) is 12.2 Å². The summed E-state index contributed by atoms with van der Waals surface area (Å²) in [7, 11) is 0. The summed E-state index contributed by atoms with van der Waals surface area (Å²) in [4.78, 5) is 19.0. The first-order chi connectivity index (χ1) is 14.6. The summed E-state index contributed by atoms with van der Waals surface area (Å²) in [6.45, 7) is 7.28. The van der Waals surface area contributed by atoms with Crippen LogP contribution in [0.25, 0.3) is 11.3 Å². The number of amides is 1. The van der Waals surface area contributed by atoms with E-state index in [1.807, 2.05) is 30.3 Å². The quantitative estimate of drug-likeness (QED) is 0.677. The molecule has 156 valence electrons. The monoisotopic (exact) mass is 406 g/mol. The lowest BCUT2D eigenvalue weighted by Crippen LogP contribution is -2.45. The van der Waals surface area contributed by atoms with Crippen molar-refractivity contribution in [1.82, 2.24) is 20.4 Å². The lowest BCUT2D eigenvalue weighted by atomic mass is 10.1. The molecule has 1 N–H and O–H groups in total. The first-order valence-corrected chi connectivity index (χ1v) is 10.2. The molecule has 0 bridgehead atoms. The minimum absolute atomic E-state index is 0.224. The first-order valence-electron chi connectivity index (χ1n) is 10.2. The molecule has 4 rings (SSSR count). The zero-order valence-corrected chi connectivity index (χ0v) is 17.2. The molecule has 3 aromatic rings. The van der Waals surface area contributed by atoms with Crippen LogP contribution in [0.3, 0.4) is 0 Å². The van der Waals surface area contributed by atoms with Crippen LogP contribution in [-0.2, 0) is 17.8 Å². The van der Waals surface area contributed by atoms with E-state index in [0.29, 0.717) is 12.3 Å². The number of ether oxygens (including phenoxy) is 1. The van der Waals surface area contributed by atoms with Crippen LogP contribution in [0.15, 0.2) is 59.4 Å². The molecule has 7 heteroatoms. The molecule has 1 aliphatic rings. The highest BCUT2D eigenvalue weighted by Crippen LogP contribution is 2.20. The van der Waals surface area contributed by atoms with Gasteiger partial charge in [0.2, 0.25) is 0 Å². The number of hydrogen-bond donors (Lipinski definition) is 1. The molecule has 3 heterocycles. The highest BCUT2D eigenvalue weighted by molar-refractivity contribution is 5.93. The largest absolute Gasteiger partial charge is 0.373 e. The Balaban J connectivity index is 1.39. The second-order valence-corrected chi connectivity index (χ2v) is 7.72. The fraction of sp³-hybridized carbons (Fsp3) is 0.348. The Morgan fingerprint density at radius 3 is 2.53 bits per heavy atom. The SMILES string of the molecule is CC1CN(Cc2ccccc2CNC(=O)c2cc(-c3ccncc3)on2)CC(C)O1. The molecule has 7 nitrogen and oxygen atoms in total. The lowest BCUT2D eigenvalue weighted by molar-refractivity contribution is -0.0705. The number of aromatic nitrogens is 2. The summed E-state index contributed by atoms with van der Waals surface area (Å²) in [5.41, 5.74) is 3.39. The van der Waals surface area contributed by atoms with Gasteiger partial charge < -0.3 is 14.6 Å². The topological polar surface area (TPSA) is 80.5 Å². The van der Waals surface area contributed by atoms with Crippen LogP contribution in [0.4, 0.5) is 0 Å². The molecule has 30 heavy (non-hydrogen) atoms. The van der Waals surface area contributed by atoms with Crippen molar-refractivity contribution >= 4 is 5.91 Å². The smallest absolute Gasteiger partial charge is 0.273 e. The van der Waals surface area contributed by atoms with E-state index in [-0.39, 0.29) is 23.8 Å². The summed E-state index contributed by atoms with van der Waals surface area (Å²) < 4.78 is 11.1. The Bertz CT molecular complexity index is 979. The highest BCUT2D eigenvalue weighted by Gasteiger charge is 2.22. The van der Waals surface area contributed by atoms with Crippen molar-refractivity contribution < 1.29 is 14.1 Å². The third-order valence-electron chi connectivity index (χ3n) is 5.15. The van der Waals surface area contributed by atoms with Gasteiger partial charge in [0.25, 0.3) is 5.91 Å². The third kappa shape index (κ3) is 4.93. The number of hydrogen-bond acceptors (Lipinski definition) is 6. The normalized spacial score (nSPS) is 19.5. The van der Waals surface area contributed by atoms with Gasteiger partial charge in [0.15, 0.2) is 11.5 Å². The van der Waals surface area contributed by atoms with Crippen LogP contribution in [0.1, 0.15) is 35.5 Å². The van der Waals surface area contributed by atoms with Gasteiger partial charge in [-0.2, -0.15) is 0 Å². The Hall–Kier alpha value is -3.03. The van der Waals surface area contributed by atoms with Crippen LogP contribution in [0.2, 0.25) is 0 Å². The van der Waals surface area contributed by atoms with Gasteiger partial charge in [-0.1, -0.05) is 29.4 Å². The van der Waals surface area contributed by atoms with Crippen molar-refractivity contribution in [2.75, 3.05) is 13.1 Å². The second kappa shape index (κ2) is 9.19. The predicted octanol–water partition coefficient (Wildman–Crippen LogP) is 3.28. The van der Waals surface area contributed by atoms with Crippen LogP contribution in [0.5, 0.6) is 0 Å². The number of carbonyl (C=O) groups excluding carboxylic acids is 1. The summed E-state index contributed by atoms with van der Waals surface area (Å²) in [6, 6.07) is 13.5. The zero-order chi connectivity index (χ0) is 20.9. The Morgan fingerprint density at radius 2 is 1.80 bits per heavy atom. The summed E-state index contributed by atoms with van der Waals surface area (Å²) >= 11 is 0. The maximum atomic E-state index is 12.6. The van der Waals surface area contributed by atoms with Crippen molar-refractivity contribution in [2.24, 2.45) is 0 Å². The van der Waals surface area contributed by atoms with E-state index in [4.69, 9.17) is 9.26 Å². The third-order valence-corrected chi connectivity index (χ3v) is 5.15. The van der Waals surface area contributed by atoms with Gasteiger partial charge in [-0.15, -0.1) is 0 Å². The number of pyridine rings is 1. The molecule has 1 aliphatic heterocycles. The molecular formula is C23H26N4O3. The molecule has 0 aliphatic carbocycles. The standard InChI is InChI=1S/C23H26N4O3/c1-16-13-27(14-17(2)29-16)15-20-6-4-3-5-19(20)12-25-23(28)21-11-22(30-26-21)18-7-9-24-10-8-18/h3-11,16-17H,12-15H2,1-2H3,(H,25,28). The fourth-order valence-electron chi connectivity index (χ4n) is 3.84. The van der Waals surface area contributed by atoms with Crippen molar-refractivity contribution in [3.8, 4) is 11.3 Å². The van der Waals surface area contributed by atoms with E-state index >= 15 is 0 Å². The zero-order valence-electron chi connectivity index (χ0n) is 17.2. The van der Waals surface area contributed by atoms with Gasteiger partial charge in [0, 0.05) is 50.2 Å². The fourth-order valence-corrected chi connectivity index (χ4v) is 3.84. The van der Waals surface area contributed by atoms with Crippen LogP contribution in [-0.4, -0.2) is 46.2 Å². The van der Waals surface area contributed by atoms with Crippen molar-refractivity contribution in [3.63, 3.8) is 0 Å². The molecular weight excluding hydrogens is 380 g/mol. The number of nitrogens with zero attached hydrogens (tertiary/aromatic N) is 3. The Labute approximate surface area is 176 Å². The molecule has 1 fully saturated rings. The van der Waals surface area contributed by atoms with Crippen LogP contribution < -0.4 is 5.32 Å². The maximum absolute atomic E-state index is 12.6. The molecule has 2 atom stereocenters. The number of nitrogens with one attached hydrogen (secondary N) is 1. The van der Waals surface area contributed by atoms with Crippen molar-refractivity contribution in [1.29, 1.82) is 0 Å². The maximum Gasteiger partial charge on any atom is 0.273 e. The Kier molecular flexibility index (Phi) is 6.21. The number of benzene rings is 1. The van der Waals surface area contributed by atoms with E-state index in [2.05, 4.69) is 40.3 Å². The number of morpholine rings is 1. The van der Waals surface area contributed by atoms with Gasteiger partial charge in [-0.25, -0.2) is 0 Å². The van der Waals surface area contributed by atoms with Gasteiger partial charge in [-0.05, 0) is 37.1 Å². The second-order valence-electron chi connectivity index (χ2n) is 7.72. The molecule has 0 saturated carbocycles. The summed E-state index contributed by atoms with van der Waals surface area (Å²) in [6.07, 6.45) is 3.79. The van der Waals surface area contributed by atoms with E-state index < -0.39 is 0 Å². The number of carbonyl (C=O) groups is 1. The molecule has 2 unspecified atom stereocenters. The average Bonchev–Trinajstić information content (AvgIpc) is 3.23. The minimum Gasteiger partial charge on any atom is -0.373 e. The molecule has 1 amide bonds. The summed E-state index contributed by atoms with van der Waals surface area (Å²) in [5.74, 6) is 0.279. The predicted molar refractivity (Wildman–Crippen MR) is 113 cm³/mol. The Morgan fingerprint density at radius 1 is 1.10 bits per heavy atom. The van der Waals surface area contributed by atoms with E-state index in [1.54, 1.807) is 18.5 Å². The molecule has 0 radical (unpaired) electrons. The van der Waals surface area contributed by atoms with Crippen molar-refractivity contribution in [3.05, 3.63) is 71.7 Å². The van der Waals surface area contributed by atoms with Gasteiger partial charge in [0.1, 0.15) is 0 Å². The minimum atomic E-state index is -0.262. The molecule has 1 saturated heterocycles. The molecule has 0 spiro atoms. The van der Waals surface area contributed by atoms with Gasteiger partial charge in [-0.3, -0.25) is 14.7 Å².